The maximum atomic E-state index is 12.6. The number of thiol groups is 1. The van der Waals surface area contributed by atoms with Crippen LogP contribution in [0.5, 0.6) is 5.75 Å². The molecule has 0 saturated carbocycles. The monoisotopic (exact) mass is 440 g/mol. The summed E-state index contributed by atoms with van der Waals surface area (Å²) in [5.41, 5.74) is 1.79. The summed E-state index contributed by atoms with van der Waals surface area (Å²) in [6, 6.07) is 36.7. The Morgan fingerprint density at radius 1 is 0.625 bits per heavy atom. The van der Waals surface area contributed by atoms with Crippen LogP contribution >= 0.6 is 10.9 Å². The van der Waals surface area contributed by atoms with E-state index in [-0.39, 0.29) is 11.4 Å². The van der Waals surface area contributed by atoms with Crippen molar-refractivity contribution in [2.75, 3.05) is 0 Å². The Morgan fingerprint density at radius 3 is 1.56 bits per heavy atom. The van der Waals surface area contributed by atoms with Gasteiger partial charge in [-0.15, -0.1) is 0 Å². The zero-order valence-corrected chi connectivity index (χ0v) is 19.6. The van der Waals surface area contributed by atoms with E-state index in [1.165, 1.54) is 20.2 Å². The van der Waals surface area contributed by atoms with Crippen LogP contribution in [0.2, 0.25) is 0 Å². The molecule has 0 radical (unpaired) electrons. The van der Waals surface area contributed by atoms with E-state index in [4.69, 9.17) is 4.74 Å². The molecule has 0 atom stereocenters. The van der Waals surface area contributed by atoms with Crippen molar-refractivity contribution in [3.05, 3.63) is 120 Å². The minimum Gasteiger partial charge on any atom is -0.423 e. The molecular weight excluding hydrogens is 412 g/mol. The van der Waals surface area contributed by atoms with Gasteiger partial charge in [0.15, 0.2) is 0 Å². The molecule has 0 bridgehead atoms. The normalized spacial score (nSPS) is 11.7. The highest BCUT2D eigenvalue weighted by atomic mass is 32.2. The van der Waals surface area contributed by atoms with Crippen LogP contribution in [-0.4, -0.2) is 5.97 Å². The maximum absolute atomic E-state index is 12.6. The van der Waals surface area contributed by atoms with Crippen LogP contribution in [0, 0.1) is 0 Å². The Bertz CT molecular complexity index is 1120. The third-order valence-corrected chi connectivity index (χ3v) is 7.76. The number of ether oxygens (including phenoxy) is 1. The van der Waals surface area contributed by atoms with Crippen LogP contribution in [-0.2, 0) is 5.41 Å². The second-order valence-corrected chi connectivity index (χ2v) is 10.9. The van der Waals surface area contributed by atoms with Crippen molar-refractivity contribution in [1.82, 2.24) is 0 Å². The molecule has 0 aliphatic rings. The van der Waals surface area contributed by atoms with Crippen molar-refractivity contribution in [2.45, 2.75) is 40.9 Å². The second kappa shape index (κ2) is 9.46. The molecule has 0 amide bonds. The molecule has 0 unspecified atom stereocenters. The summed E-state index contributed by atoms with van der Waals surface area (Å²) >= 11 is 0. The fourth-order valence-corrected chi connectivity index (χ4v) is 5.82. The number of benzene rings is 4. The maximum Gasteiger partial charge on any atom is 0.343 e. The third-order valence-electron chi connectivity index (χ3n) is 5.32. The van der Waals surface area contributed by atoms with Crippen LogP contribution in [0.3, 0.4) is 0 Å². The first-order valence-electron chi connectivity index (χ1n) is 10.7. The Labute approximate surface area is 193 Å². The molecule has 32 heavy (non-hydrogen) atoms. The summed E-state index contributed by atoms with van der Waals surface area (Å²) in [7, 11) is -0.678. The van der Waals surface area contributed by atoms with Crippen LogP contribution in [0.4, 0.5) is 0 Å². The first-order valence-corrected chi connectivity index (χ1v) is 12.1. The molecule has 162 valence electrons. The molecule has 4 rings (SSSR count). The van der Waals surface area contributed by atoms with Crippen molar-refractivity contribution in [1.29, 1.82) is 0 Å². The summed E-state index contributed by atoms with van der Waals surface area (Å²) in [6.07, 6.45) is 0. The second-order valence-electron chi connectivity index (χ2n) is 8.72. The average molecular weight is 441 g/mol. The fraction of sp³-hybridized carbons (Fsp3) is 0.138. The quantitative estimate of drug-likeness (QED) is 0.196. The van der Waals surface area contributed by atoms with Crippen LogP contribution in [0.1, 0.15) is 36.7 Å². The van der Waals surface area contributed by atoms with E-state index in [1.54, 1.807) is 0 Å². The lowest BCUT2D eigenvalue weighted by atomic mass is 9.87. The third kappa shape index (κ3) is 5.12. The molecular formula is C29H28O2S. The molecule has 4 aromatic carbocycles. The van der Waals surface area contributed by atoms with E-state index in [1.807, 2.05) is 48.5 Å². The van der Waals surface area contributed by atoms with E-state index in [0.717, 1.165) is 0 Å². The van der Waals surface area contributed by atoms with E-state index in [0.29, 0.717) is 11.3 Å². The molecule has 0 spiro atoms. The number of carbonyl (C=O) groups excluding carboxylic acids is 1. The number of esters is 1. The van der Waals surface area contributed by atoms with Gasteiger partial charge < -0.3 is 4.74 Å². The molecule has 3 heteroatoms. The molecule has 0 N–H and O–H groups in total. The SMILES string of the molecule is CC(C)(C)c1ccc(C(=O)Oc2ccc([SH](c3ccccc3)c3ccccc3)cc2)cc1. The van der Waals surface area contributed by atoms with E-state index in [9.17, 15) is 4.79 Å². The van der Waals surface area contributed by atoms with Crippen molar-refractivity contribution in [3.63, 3.8) is 0 Å². The first kappa shape index (κ1) is 21.9. The molecule has 0 fully saturated rings. The molecule has 0 heterocycles. The van der Waals surface area contributed by atoms with Crippen molar-refractivity contribution in [3.8, 4) is 5.75 Å². The van der Waals surface area contributed by atoms with Gasteiger partial charge in [0.2, 0.25) is 0 Å². The lowest BCUT2D eigenvalue weighted by molar-refractivity contribution is 0.0734. The number of hydrogen-bond donors (Lipinski definition) is 1. The zero-order chi connectivity index (χ0) is 22.6. The van der Waals surface area contributed by atoms with Gasteiger partial charge in [0, 0.05) is 0 Å². The highest BCUT2D eigenvalue weighted by Gasteiger charge is 2.16. The van der Waals surface area contributed by atoms with Crippen molar-refractivity contribution >= 4 is 16.9 Å². The first-order chi connectivity index (χ1) is 15.4. The molecule has 4 aromatic rings. The number of hydrogen-bond acceptors (Lipinski definition) is 2. The molecule has 0 aromatic heterocycles. The molecule has 0 aliphatic heterocycles. The minimum absolute atomic E-state index is 0.0497. The fourth-order valence-electron chi connectivity index (χ4n) is 3.54. The van der Waals surface area contributed by atoms with Crippen LogP contribution < -0.4 is 4.74 Å². The number of rotatable bonds is 5. The predicted molar refractivity (Wildman–Crippen MR) is 133 cm³/mol. The summed E-state index contributed by atoms with van der Waals surface area (Å²) in [4.78, 5) is 16.4. The Morgan fingerprint density at radius 2 is 1.09 bits per heavy atom. The largest absolute Gasteiger partial charge is 0.423 e. The van der Waals surface area contributed by atoms with Gasteiger partial charge in [-0.3, -0.25) is 0 Å². The topological polar surface area (TPSA) is 26.3 Å². The standard InChI is InChI=1S/C29H28O2S/c1-29(2,3)23-16-14-22(15-17-23)28(30)31-24-18-20-27(21-19-24)32(25-10-6-4-7-11-25)26-12-8-5-9-13-26/h4-21,32H,1-3H3. The van der Waals surface area contributed by atoms with Gasteiger partial charge in [-0.05, 0) is 86.3 Å². The van der Waals surface area contributed by atoms with E-state index in [2.05, 4.69) is 81.4 Å². The van der Waals surface area contributed by atoms with E-state index < -0.39 is 10.9 Å². The average Bonchev–Trinajstić information content (AvgIpc) is 2.81. The zero-order valence-electron chi connectivity index (χ0n) is 18.7. The lowest BCUT2D eigenvalue weighted by Crippen LogP contribution is -2.12. The summed E-state index contributed by atoms with van der Waals surface area (Å²) in [5.74, 6) is 0.210. The van der Waals surface area contributed by atoms with Crippen molar-refractivity contribution in [2.24, 2.45) is 0 Å². The van der Waals surface area contributed by atoms with Crippen LogP contribution in [0.25, 0.3) is 0 Å². The molecule has 0 saturated heterocycles. The van der Waals surface area contributed by atoms with E-state index >= 15 is 0 Å². The highest BCUT2D eigenvalue weighted by Crippen LogP contribution is 2.51. The van der Waals surface area contributed by atoms with Gasteiger partial charge in [-0.2, -0.15) is 10.9 Å². The predicted octanol–water partition coefficient (Wildman–Crippen LogP) is 7.68. The summed E-state index contributed by atoms with van der Waals surface area (Å²) < 4.78 is 5.64. The summed E-state index contributed by atoms with van der Waals surface area (Å²) in [5, 5.41) is 0. The van der Waals surface area contributed by atoms with Gasteiger partial charge >= 0.3 is 5.97 Å². The minimum atomic E-state index is -0.678. The molecule has 0 aliphatic carbocycles. The highest BCUT2D eigenvalue weighted by molar-refractivity contribution is 8.17. The van der Waals surface area contributed by atoms with Gasteiger partial charge in [-0.25, -0.2) is 4.79 Å². The number of carbonyl (C=O) groups is 1. The van der Waals surface area contributed by atoms with Gasteiger partial charge in [0.1, 0.15) is 5.75 Å². The van der Waals surface area contributed by atoms with Gasteiger partial charge in [-0.1, -0.05) is 69.3 Å². The summed E-state index contributed by atoms with van der Waals surface area (Å²) in [6.45, 7) is 6.46. The van der Waals surface area contributed by atoms with Crippen molar-refractivity contribution < 1.29 is 9.53 Å². The lowest BCUT2D eigenvalue weighted by Gasteiger charge is -2.23. The van der Waals surface area contributed by atoms with Gasteiger partial charge in [0.05, 0.1) is 5.56 Å². The van der Waals surface area contributed by atoms with Gasteiger partial charge in [0.25, 0.3) is 0 Å². The Hall–Kier alpha value is -3.30. The molecule has 2 nitrogen and oxygen atoms in total. The Balaban J connectivity index is 1.54. The van der Waals surface area contributed by atoms with Crippen LogP contribution in [0.15, 0.2) is 124 Å². The smallest absolute Gasteiger partial charge is 0.343 e. The Kier molecular flexibility index (Phi) is 6.48.